The first-order valence-electron chi connectivity index (χ1n) is 6.90. The second-order valence-corrected chi connectivity index (χ2v) is 5.84. The van der Waals surface area contributed by atoms with Crippen LogP contribution in [0.5, 0.6) is 0 Å². The Hall–Kier alpha value is -0.960. The lowest BCUT2D eigenvalue weighted by atomic mass is 10.1. The average molecular weight is 262 g/mol. The zero-order valence-corrected chi connectivity index (χ0v) is 11.9. The number of hydrogen-bond acceptors (Lipinski definition) is 3. The lowest BCUT2D eigenvalue weighted by Gasteiger charge is -2.09. The molecule has 1 heterocycles. The Balaban J connectivity index is 1.68. The summed E-state index contributed by atoms with van der Waals surface area (Å²) >= 11 is 1.87. The molecule has 0 saturated carbocycles. The van der Waals surface area contributed by atoms with E-state index in [1.165, 1.54) is 31.2 Å². The van der Waals surface area contributed by atoms with Gasteiger partial charge in [0.25, 0.3) is 0 Å². The molecule has 0 saturated heterocycles. The van der Waals surface area contributed by atoms with Crippen LogP contribution in [0, 0.1) is 0 Å². The average Bonchev–Trinajstić information content (AvgIpc) is 2.88. The number of nitrogens with zero attached hydrogens (tertiary/aromatic N) is 1. The van der Waals surface area contributed by atoms with Crippen LogP contribution in [0.3, 0.4) is 0 Å². The minimum absolute atomic E-state index is 0.504. The van der Waals surface area contributed by atoms with Crippen LogP contribution < -0.4 is 5.32 Å². The van der Waals surface area contributed by atoms with E-state index in [0.717, 1.165) is 18.3 Å². The van der Waals surface area contributed by atoms with Gasteiger partial charge in [-0.3, -0.25) is 4.99 Å². The number of nitrogens with one attached hydrogen (secondary N) is 1. The zero-order valence-electron chi connectivity index (χ0n) is 11.1. The monoisotopic (exact) mass is 262 g/mol. The number of unbranched alkanes of at least 4 members (excludes halogenated alkanes) is 3. The molecule has 1 aliphatic heterocycles. The van der Waals surface area contributed by atoms with E-state index >= 15 is 0 Å². The minimum atomic E-state index is 0.504. The summed E-state index contributed by atoms with van der Waals surface area (Å²) in [5, 5.41) is 5.08. The highest BCUT2D eigenvalue weighted by Crippen LogP contribution is 2.34. The van der Waals surface area contributed by atoms with Gasteiger partial charge in [-0.15, -0.1) is 0 Å². The van der Waals surface area contributed by atoms with Gasteiger partial charge >= 0.3 is 0 Å². The fourth-order valence-electron chi connectivity index (χ4n) is 2.06. The van der Waals surface area contributed by atoms with Gasteiger partial charge in [0.15, 0.2) is 5.17 Å². The van der Waals surface area contributed by atoms with Crippen molar-refractivity contribution in [1.82, 2.24) is 5.32 Å². The SMILES string of the molecule is CCCCCCNC1=NCC(c2ccccc2)S1. The maximum atomic E-state index is 4.58. The van der Waals surface area contributed by atoms with Crippen LogP contribution in [0.4, 0.5) is 0 Å². The third-order valence-electron chi connectivity index (χ3n) is 3.13. The molecule has 0 aromatic heterocycles. The van der Waals surface area contributed by atoms with Crippen LogP contribution in [-0.4, -0.2) is 18.3 Å². The first-order chi connectivity index (χ1) is 8.90. The third kappa shape index (κ3) is 4.05. The molecule has 1 aromatic carbocycles. The summed E-state index contributed by atoms with van der Waals surface area (Å²) in [5.41, 5.74) is 1.38. The van der Waals surface area contributed by atoms with Crippen LogP contribution in [-0.2, 0) is 0 Å². The Bertz CT molecular complexity index is 375. The smallest absolute Gasteiger partial charge is 0.157 e. The van der Waals surface area contributed by atoms with Crippen molar-refractivity contribution in [1.29, 1.82) is 0 Å². The second-order valence-electron chi connectivity index (χ2n) is 4.65. The van der Waals surface area contributed by atoms with Gasteiger partial charge in [-0.2, -0.15) is 0 Å². The van der Waals surface area contributed by atoms with Crippen LogP contribution in [0.1, 0.15) is 43.4 Å². The lowest BCUT2D eigenvalue weighted by molar-refractivity contribution is 0.655. The van der Waals surface area contributed by atoms with E-state index in [4.69, 9.17) is 0 Å². The van der Waals surface area contributed by atoms with E-state index < -0.39 is 0 Å². The van der Waals surface area contributed by atoms with Crippen LogP contribution >= 0.6 is 11.8 Å². The second kappa shape index (κ2) is 7.47. The Morgan fingerprint density at radius 1 is 1.22 bits per heavy atom. The Kier molecular flexibility index (Phi) is 5.59. The van der Waals surface area contributed by atoms with Crippen molar-refractivity contribution >= 4 is 16.9 Å². The summed E-state index contributed by atoms with van der Waals surface area (Å²) in [7, 11) is 0. The molecule has 18 heavy (non-hydrogen) atoms. The molecule has 98 valence electrons. The van der Waals surface area contributed by atoms with Crippen molar-refractivity contribution in [2.24, 2.45) is 4.99 Å². The highest BCUT2D eigenvalue weighted by atomic mass is 32.2. The molecule has 1 aromatic rings. The van der Waals surface area contributed by atoms with Crippen LogP contribution in [0.15, 0.2) is 35.3 Å². The predicted octanol–water partition coefficient (Wildman–Crippen LogP) is 4.00. The number of rotatable bonds is 6. The van der Waals surface area contributed by atoms with E-state index in [9.17, 15) is 0 Å². The Morgan fingerprint density at radius 3 is 2.83 bits per heavy atom. The number of hydrogen-bond donors (Lipinski definition) is 1. The maximum Gasteiger partial charge on any atom is 0.157 e. The first-order valence-corrected chi connectivity index (χ1v) is 7.78. The molecular weight excluding hydrogens is 240 g/mol. The number of amidine groups is 1. The Labute approximate surface area is 114 Å². The van der Waals surface area contributed by atoms with Crippen LogP contribution in [0.25, 0.3) is 0 Å². The minimum Gasteiger partial charge on any atom is -0.365 e. The maximum absolute atomic E-state index is 4.58. The van der Waals surface area contributed by atoms with Crippen molar-refractivity contribution < 1.29 is 0 Å². The molecule has 2 rings (SSSR count). The van der Waals surface area contributed by atoms with E-state index in [1.54, 1.807) is 0 Å². The van der Waals surface area contributed by atoms with Gasteiger partial charge in [-0.05, 0) is 12.0 Å². The molecule has 2 nitrogen and oxygen atoms in total. The molecule has 0 fully saturated rings. The predicted molar refractivity (Wildman–Crippen MR) is 81.2 cm³/mol. The van der Waals surface area contributed by atoms with Gasteiger partial charge < -0.3 is 5.32 Å². The standard InChI is InChI=1S/C15H22N2S/c1-2-3-4-8-11-16-15-17-12-14(18-15)13-9-6-5-7-10-13/h5-7,9-10,14H,2-4,8,11-12H2,1H3,(H,16,17). The normalized spacial score (nSPS) is 18.7. The first kappa shape index (κ1) is 13.5. The fourth-order valence-corrected chi connectivity index (χ4v) is 3.11. The van der Waals surface area contributed by atoms with E-state index in [0.29, 0.717) is 5.25 Å². The highest BCUT2D eigenvalue weighted by molar-refractivity contribution is 8.14. The van der Waals surface area contributed by atoms with E-state index in [2.05, 4.69) is 47.6 Å². The lowest BCUT2D eigenvalue weighted by Crippen LogP contribution is -2.20. The molecule has 1 N–H and O–H groups in total. The fraction of sp³-hybridized carbons (Fsp3) is 0.533. The topological polar surface area (TPSA) is 24.4 Å². The van der Waals surface area contributed by atoms with Gasteiger partial charge in [-0.1, -0.05) is 68.3 Å². The molecule has 3 heteroatoms. The summed E-state index contributed by atoms with van der Waals surface area (Å²) in [5.74, 6) is 0. The van der Waals surface area contributed by atoms with Gasteiger partial charge in [0.2, 0.25) is 0 Å². The number of thioether (sulfide) groups is 1. The van der Waals surface area contributed by atoms with Gasteiger partial charge in [0.1, 0.15) is 0 Å². The number of benzene rings is 1. The molecule has 0 aliphatic carbocycles. The third-order valence-corrected chi connectivity index (χ3v) is 4.33. The summed E-state index contributed by atoms with van der Waals surface area (Å²) < 4.78 is 0. The van der Waals surface area contributed by atoms with Crippen molar-refractivity contribution in [2.45, 2.75) is 37.9 Å². The molecule has 1 unspecified atom stereocenters. The molecular formula is C15H22N2S. The zero-order chi connectivity index (χ0) is 12.6. The summed E-state index contributed by atoms with van der Waals surface area (Å²) in [6, 6.07) is 10.7. The highest BCUT2D eigenvalue weighted by Gasteiger charge is 2.20. The molecule has 1 aliphatic rings. The van der Waals surface area contributed by atoms with Gasteiger partial charge in [0.05, 0.1) is 11.8 Å². The summed E-state index contributed by atoms with van der Waals surface area (Å²) in [4.78, 5) is 4.58. The van der Waals surface area contributed by atoms with Crippen molar-refractivity contribution in [3.8, 4) is 0 Å². The van der Waals surface area contributed by atoms with Crippen molar-refractivity contribution in [3.63, 3.8) is 0 Å². The van der Waals surface area contributed by atoms with Crippen molar-refractivity contribution in [3.05, 3.63) is 35.9 Å². The van der Waals surface area contributed by atoms with E-state index in [1.807, 2.05) is 11.8 Å². The summed E-state index contributed by atoms with van der Waals surface area (Å²) in [6.07, 6.45) is 5.21. The van der Waals surface area contributed by atoms with E-state index in [-0.39, 0.29) is 0 Å². The largest absolute Gasteiger partial charge is 0.365 e. The Morgan fingerprint density at radius 2 is 2.06 bits per heavy atom. The molecule has 0 amide bonds. The molecule has 0 spiro atoms. The quantitative estimate of drug-likeness (QED) is 0.784. The summed E-state index contributed by atoms with van der Waals surface area (Å²) in [6.45, 7) is 4.22. The molecule has 0 bridgehead atoms. The van der Waals surface area contributed by atoms with Crippen LogP contribution in [0.2, 0.25) is 0 Å². The van der Waals surface area contributed by atoms with Gasteiger partial charge in [-0.25, -0.2) is 0 Å². The van der Waals surface area contributed by atoms with Gasteiger partial charge in [0, 0.05) is 6.54 Å². The molecule has 1 atom stereocenters. The van der Waals surface area contributed by atoms with Crippen molar-refractivity contribution in [2.75, 3.05) is 13.1 Å². The number of aliphatic imine (C=N–C) groups is 1. The molecule has 0 radical (unpaired) electrons.